The highest BCUT2D eigenvalue weighted by molar-refractivity contribution is 4.80. The van der Waals surface area contributed by atoms with Crippen molar-refractivity contribution in [1.29, 1.82) is 0 Å². The fraction of sp³-hybridized carbons (Fsp3) is 1.00. The van der Waals surface area contributed by atoms with E-state index in [0.717, 1.165) is 6.42 Å². The second-order valence-corrected chi connectivity index (χ2v) is 2.41. The van der Waals surface area contributed by atoms with E-state index < -0.39 is 0 Å². The number of methoxy groups -OCH3 is 1. The fourth-order valence-electron chi connectivity index (χ4n) is 1.15. The van der Waals surface area contributed by atoms with E-state index in [4.69, 9.17) is 15.0 Å². The van der Waals surface area contributed by atoms with Crippen LogP contribution in [0, 0.1) is 0 Å². The highest BCUT2D eigenvalue weighted by Crippen LogP contribution is 2.13. The van der Waals surface area contributed by atoms with Crippen LogP contribution in [0.1, 0.15) is 6.42 Å². The highest BCUT2D eigenvalue weighted by atomic mass is 16.5. The van der Waals surface area contributed by atoms with Gasteiger partial charge < -0.3 is 9.47 Å². The van der Waals surface area contributed by atoms with Crippen molar-refractivity contribution in [2.24, 2.45) is 5.11 Å². The van der Waals surface area contributed by atoms with Gasteiger partial charge in [0.15, 0.2) is 0 Å². The Hall–Kier alpha value is -0.770. The maximum absolute atomic E-state index is 8.18. The molecule has 0 saturated carbocycles. The van der Waals surface area contributed by atoms with Gasteiger partial charge in [0.25, 0.3) is 0 Å². The molecule has 62 valence electrons. The number of azide groups is 1. The molecule has 0 radical (unpaired) electrons. The summed E-state index contributed by atoms with van der Waals surface area (Å²) in [7, 11) is 1.62. The van der Waals surface area contributed by atoms with Crippen LogP contribution in [-0.2, 0) is 9.47 Å². The van der Waals surface area contributed by atoms with E-state index >= 15 is 0 Å². The Bertz CT molecular complexity index is 167. The van der Waals surface area contributed by atoms with Crippen molar-refractivity contribution in [1.82, 2.24) is 0 Å². The Morgan fingerprint density at radius 2 is 2.55 bits per heavy atom. The molecule has 5 heteroatoms. The van der Waals surface area contributed by atoms with Gasteiger partial charge in [0.1, 0.15) is 0 Å². The monoisotopic (exact) mass is 157 g/mol. The van der Waals surface area contributed by atoms with Gasteiger partial charge in [-0.25, -0.2) is 0 Å². The van der Waals surface area contributed by atoms with E-state index in [0.29, 0.717) is 13.2 Å². The molecule has 1 saturated heterocycles. The summed E-state index contributed by atoms with van der Waals surface area (Å²) in [6, 6.07) is -0.154. The second kappa shape index (κ2) is 4.18. The summed E-state index contributed by atoms with van der Waals surface area (Å²) in [4.78, 5) is 2.72. The molecule has 2 atom stereocenters. The quantitative estimate of drug-likeness (QED) is 0.342. The van der Waals surface area contributed by atoms with Crippen molar-refractivity contribution in [3.8, 4) is 0 Å². The molecular formula is C6H11N3O2. The van der Waals surface area contributed by atoms with Gasteiger partial charge in [-0.15, -0.1) is 0 Å². The summed E-state index contributed by atoms with van der Waals surface area (Å²) in [6.07, 6.45) is 0.833. The average Bonchev–Trinajstić information content (AvgIpc) is 2.06. The normalized spacial score (nSPS) is 31.0. The van der Waals surface area contributed by atoms with Gasteiger partial charge in [-0.1, -0.05) is 5.11 Å². The molecule has 1 unspecified atom stereocenters. The predicted molar refractivity (Wildman–Crippen MR) is 39.2 cm³/mol. The van der Waals surface area contributed by atoms with Gasteiger partial charge in [0.2, 0.25) is 0 Å². The molecule has 11 heavy (non-hydrogen) atoms. The molecule has 0 aromatic heterocycles. The van der Waals surface area contributed by atoms with Crippen LogP contribution in [0.3, 0.4) is 0 Å². The van der Waals surface area contributed by atoms with Crippen LogP contribution in [0.15, 0.2) is 5.11 Å². The number of hydrogen-bond donors (Lipinski definition) is 0. The van der Waals surface area contributed by atoms with Crippen molar-refractivity contribution in [3.05, 3.63) is 10.4 Å². The zero-order chi connectivity index (χ0) is 8.10. The minimum Gasteiger partial charge on any atom is -0.381 e. The molecular weight excluding hydrogens is 146 g/mol. The van der Waals surface area contributed by atoms with Crippen LogP contribution in [-0.4, -0.2) is 32.5 Å². The third kappa shape index (κ3) is 2.08. The highest BCUT2D eigenvalue weighted by Gasteiger charge is 2.23. The van der Waals surface area contributed by atoms with Gasteiger partial charge >= 0.3 is 0 Å². The summed E-state index contributed by atoms with van der Waals surface area (Å²) in [5.41, 5.74) is 8.18. The molecule has 0 aliphatic carbocycles. The summed E-state index contributed by atoms with van der Waals surface area (Å²) in [6.45, 7) is 1.17. The third-order valence-electron chi connectivity index (χ3n) is 1.77. The molecule has 0 amide bonds. The lowest BCUT2D eigenvalue weighted by molar-refractivity contribution is -0.0256. The van der Waals surface area contributed by atoms with E-state index in [1.165, 1.54) is 0 Å². The summed E-state index contributed by atoms with van der Waals surface area (Å²) < 4.78 is 10.2. The van der Waals surface area contributed by atoms with Crippen LogP contribution in [0.2, 0.25) is 0 Å². The molecule has 0 spiro atoms. The van der Waals surface area contributed by atoms with Crippen LogP contribution < -0.4 is 0 Å². The lowest BCUT2D eigenvalue weighted by Gasteiger charge is -2.26. The topological polar surface area (TPSA) is 67.2 Å². The van der Waals surface area contributed by atoms with E-state index in [9.17, 15) is 0 Å². The van der Waals surface area contributed by atoms with E-state index in [1.54, 1.807) is 7.11 Å². The number of rotatable bonds is 2. The fourth-order valence-corrected chi connectivity index (χ4v) is 1.15. The second-order valence-electron chi connectivity index (χ2n) is 2.41. The Labute approximate surface area is 64.9 Å². The molecule has 0 aromatic carbocycles. The zero-order valence-corrected chi connectivity index (χ0v) is 6.43. The van der Waals surface area contributed by atoms with Crippen molar-refractivity contribution in [2.45, 2.75) is 18.6 Å². The van der Waals surface area contributed by atoms with Crippen LogP contribution in [0.25, 0.3) is 10.4 Å². The first-order valence-electron chi connectivity index (χ1n) is 3.53. The van der Waals surface area contributed by atoms with Crippen molar-refractivity contribution in [2.75, 3.05) is 20.3 Å². The first-order chi connectivity index (χ1) is 5.38. The largest absolute Gasteiger partial charge is 0.381 e. The summed E-state index contributed by atoms with van der Waals surface area (Å²) >= 11 is 0. The SMILES string of the molecule is CO[C@@H]1CCOCC1N=[N+]=[N-]. The standard InChI is InChI=1S/C6H11N3O2/c1-10-6-2-3-11-4-5(6)8-9-7/h5-6H,2-4H2,1H3/t5?,6-/m1/s1. The van der Waals surface area contributed by atoms with Crippen molar-refractivity contribution >= 4 is 0 Å². The first-order valence-corrected chi connectivity index (χ1v) is 3.53. The van der Waals surface area contributed by atoms with Crippen molar-refractivity contribution in [3.63, 3.8) is 0 Å². The Kier molecular flexibility index (Phi) is 3.16. The first kappa shape index (κ1) is 8.33. The molecule has 1 fully saturated rings. The molecule has 0 bridgehead atoms. The lowest BCUT2D eigenvalue weighted by atomic mass is 10.1. The summed E-state index contributed by atoms with van der Waals surface area (Å²) in [5.74, 6) is 0. The maximum Gasteiger partial charge on any atom is 0.0870 e. The van der Waals surface area contributed by atoms with Crippen LogP contribution in [0.4, 0.5) is 0 Å². The van der Waals surface area contributed by atoms with Gasteiger partial charge in [0, 0.05) is 18.6 Å². The number of nitrogens with zero attached hydrogens (tertiary/aromatic N) is 3. The molecule has 5 nitrogen and oxygen atoms in total. The Balaban J connectivity index is 2.50. The Morgan fingerprint density at radius 1 is 1.73 bits per heavy atom. The number of hydrogen-bond acceptors (Lipinski definition) is 3. The number of ether oxygens (including phenoxy) is 2. The molecule has 1 heterocycles. The third-order valence-corrected chi connectivity index (χ3v) is 1.77. The summed E-state index contributed by atoms with van der Waals surface area (Å²) in [5, 5.41) is 3.57. The smallest absolute Gasteiger partial charge is 0.0870 e. The molecule has 0 N–H and O–H groups in total. The van der Waals surface area contributed by atoms with E-state index in [1.807, 2.05) is 0 Å². The molecule has 1 aliphatic rings. The zero-order valence-electron chi connectivity index (χ0n) is 6.43. The minimum atomic E-state index is -0.154. The van der Waals surface area contributed by atoms with Gasteiger partial charge in [-0.3, -0.25) is 0 Å². The maximum atomic E-state index is 8.18. The van der Waals surface area contributed by atoms with E-state index in [2.05, 4.69) is 10.0 Å². The minimum absolute atomic E-state index is 0.0275. The molecule has 0 aromatic rings. The van der Waals surface area contributed by atoms with Gasteiger partial charge in [0.05, 0.1) is 18.8 Å². The average molecular weight is 157 g/mol. The van der Waals surface area contributed by atoms with E-state index in [-0.39, 0.29) is 12.1 Å². The molecule has 1 rings (SSSR count). The van der Waals surface area contributed by atoms with Crippen LogP contribution >= 0.6 is 0 Å². The van der Waals surface area contributed by atoms with Gasteiger partial charge in [-0.2, -0.15) is 0 Å². The van der Waals surface area contributed by atoms with Crippen LogP contribution in [0.5, 0.6) is 0 Å². The predicted octanol–water partition coefficient (Wildman–Crippen LogP) is 1.10. The molecule has 1 aliphatic heterocycles. The Morgan fingerprint density at radius 3 is 3.18 bits per heavy atom. The van der Waals surface area contributed by atoms with Gasteiger partial charge in [-0.05, 0) is 12.0 Å². The lowest BCUT2D eigenvalue weighted by Crippen LogP contribution is -2.36. The van der Waals surface area contributed by atoms with Crippen molar-refractivity contribution < 1.29 is 9.47 Å².